The van der Waals surface area contributed by atoms with E-state index >= 15 is 0 Å². The van der Waals surface area contributed by atoms with Crippen molar-refractivity contribution in [3.63, 3.8) is 0 Å². The molecule has 28 heavy (non-hydrogen) atoms. The Kier molecular flexibility index (Phi) is 6.25. The van der Waals surface area contributed by atoms with Crippen molar-refractivity contribution >= 4 is 29.4 Å². The fourth-order valence-electron chi connectivity index (χ4n) is 2.91. The zero-order valence-corrected chi connectivity index (χ0v) is 15.9. The molecule has 0 aliphatic carbocycles. The topological polar surface area (TPSA) is 96.9 Å². The maximum absolute atomic E-state index is 11.8. The Bertz CT molecular complexity index is 837. The van der Waals surface area contributed by atoms with Gasteiger partial charge in [0, 0.05) is 37.9 Å². The molecule has 9 heteroatoms. The molecule has 1 N–H and O–H groups in total. The highest BCUT2D eigenvalue weighted by atomic mass is 16.6. The van der Waals surface area contributed by atoms with Crippen LogP contribution in [0.4, 0.5) is 22.1 Å². The number of carbonyl (C=O) groups is 2. The van der Waals surface area contributed by atoms with Crippen LogP contribution in [0.15, 0.2) is 36.7 Å². The number of methoxy groups -OCH3 is 1. The number of carbonyl (C=O) groups excluding carboxylic acids is 2. The van der Waals surface area contributed by atoms with E-state index in [4.69, 9.17) is 9.47 Å². The van der Waals surface area contributed by atoms with Gasteiger partial charge in [-0.25, -0.2) is 19.6 Å². The van der Waals surface area contributed by atoms with E-state index in [0.717, 1.165) is 11.5 Å². The lowest BCUT2D eigenvalue weighted by molar-refractivity contribution is 0.0600. The number of hydrogen-bond donors (Lipinski definition) is 1. The third-order valence-corrected chi connectivity index (χ3v) is 4.34. The molecule has 1 amide bonds. The molecule has 3 rings (SSSR count). The summed E-state index contributed by atoms with van der Waals surface area (Å²) in [6, 6.07) is 8.83. The first-order valence-corrected chi connectivity index (χ1v) is 9.04. The molecule has 0 radical (unpaired) electrons. The summed E-state index contributed by atoms with van der Waals surface area (Å²) in [7, 11) is 1.35. The van der Waals surface area contributed by atoms with Crippen LogP contribution in [-0.4, -0.2) is 66.8 Å². The van der Waals surface area contributed by atoms with Crippen molar-refractivity contribution in [2.75, 3.05) is 50.1 Å². The fourth-order valence-corrected chi connectivity index (χ4v) is 2.91. The Hall–Kier alpha value is -3.36. The normalized spacial score (nSPS) is 13.8. The van der Waals surface area contributed by atoms with Crippen LogP contribution in [0.2, 0.25) is 0 Å². The van der Waals surface area contributed by atoms with Gasteiger partial charge in [0.2, 0.25) is 0 Å². The van der Waals surface area contributed by atoms with Gasteiger partial charge in [-0.1, -0.05) is 6.07 Å². The number of ether oxygens (including phenoxy) is 2. The van der Waals surface area contributed by atoms with Crippen LogP contribution >= 0.6 is 0 Å². The lowest BCUT2D eigenvalue weighted by Gasteiger charge is -2.34. The monoisotopic (exact) mass is 385 g/mol. The van der Waals surface area contributed by atoms with Crippen LogP contribution in [0.1, 0.15) is 17.3 Å². The minimum Gasteiger partial charge on any atom is -0.465 e. The molecule has 0 saturated carbocycles. The van der Waals surface area contributed by atoms with E-state index in [-0.39, 0.29) is 6.09 Å². The van der Waals surface area contributed by atoms with Gasteiger partial charge in [0.15, 0.2) is 0 Å². The number of nitrogens with zero attached hydrogens (tertiary/aromatic N) is 4. The van der Waals surface area contributed by atoms with Gasteiger partial charge in [0.25, 0.3) is 0 Å². The second-order valence-corrected chi connectivity index (χ2v) is 6.13. The van der Waals surface area contributed by atoms with E-state index in [9.17, 15) is 9.59 Å². The predicted molar refractivity (Wildman–Crippen MR) is 104 cm³/mol. The second kappa shape index (κ2) is 9.03. The second-order valence-electron chi connectivity index (χ2n) is 6.13. The maximum Gasteiger partial charge on any atom is 0.409 e. The number of hydrogen-bond acceptors (Lipinski definition) is 8. The van der Waals surface area contributed by atoms with E-state index in [1.54, 1.807) is 30.0 Å². The molecule has 1 aromatic heterocycles. The van der Waals surface area contributed by atoms with E-state index in [2.05, 4.69) is 20.2 Å². The van der Waals surface area contributed by atoms with Crippen LogP contribution in [-0.2, 0) is 9.47 Å². The van der Waals surface area contributed by atoms with Crippen molar-refractivity contribution in [1.29, 1.82) is 0 Å². The maximum atomic E-state index is 11.8. The summed E-state index contributed by atoms with van der Waals surface area (Å²) in [6.45, 7) is 4.64. The lowest BCUT2D eigenvalue weighted by atomic mass is 10.2. The molecule has 1 aliphatic rings. The summed E-state index contributed by atoms with van der Waals surface area (Å²) in [5, 5.41) is 3.18. The Labute approximate surface area is 163 Å². The molecule has 0 unspecified atom stereocenters. The number of benzene rings is 1. The van der Waals surface area contributed by atoms with Crippen LogP contribution in [0.5, 0.6) is 0 Å². The van der Waals surface area contributed by atoms with Crippen LogP contribution in [0, 0.1) is 0 Å². The molecule has 1 fully saturated rings. The van der Waals surface area contributed by atoms with Gasteiger partial charge in [0.05, 0.1) is 19.3 Å². The molecule has 1 aliphatic heterocycles. The van der Waals surface area contributed by atoms with Gasteiger partial charge in [-0.3, -0.25) is 0 Å². The molecule has 0 atom stereocenters. The first kappa shape index (κ1) is 19.4. The van der Waals surface area contributed by atoms with Crippen molar-refractivity contribution in [2.24, 2.45) is 0 Å². The quantitative estimate of drug-likeness (QED) is 0.783. The van der Waals surface area contributed by atoms with Gasteiger partial charge < -0.3 is 24.6 Å². The molecule has 0 spiro atoms. The first-order valence-electron chi connectivity index (χ1n) is 9.04. The Morgan fingerprint density at radius 2 is 1.93 bits per heavy atom. The van der Waals surface area contributed by atoms with Gasteiger partial charge >= 0.3 is 12.1 Å². The summed E-state index contributed by atoms with van der Waals surface area (Å²) in [5.74, 6) is 0.983. The van der Waals surface area contributed by atoms with E-state index in [1.165, 1.54) is 13.4 Å². The van der Waals surface area contributed by atoms with Crippen molar-refractivity contribution < 1.29 is 19.1 Å². The minimum absolute atomic E-state index is 0.280. The van der Waals surface area contributed by atoms with Gasteiger partial charge in [-0.15, -0.1) is 0 Å². The number of esters is 1. The molecule has 1 saturated heterocycles. The van der Waals surface area contributed by atoms with Gasteiger partial charge in [-0.2, -0.15) is 0 Å². The summed E-state index contributed by atoms with van der Waals surface area (Å²) in [5.41, 5.74) is 1.18. The number of piperazine rings is 1. The Morgan fingerprint density at radius 1 is 1.14 bits per heavy atom. The molecule has 2 aromatic rings. The van der Waals surface area contributed by atoms with Crippen LogP contribution in [0.25, 0.3) is 0 Å². The summed E-state index contributed by atoms with van der Waals surface area (Å²) in [4.78, 5) is 35.8. The van der Waals surface area contributed by atoms with Crippen molar-refractivity contribution in [2.45, 2.75) is 6.92 Å². The van der Waals surface area contributed by atoms with Gasteiger partial charge in [-0.05, 0) is 25.1 Å². The Balaban J connectivity index is 1.65. The molecule has 1 aromatic carbocycles. The number of nitrogens with one attached hydrogen (secondary N) is 1. The fraction of sp³-hybridized carbons (Fsp3) is 0.368. The average molecular weight is 385 g/mol. The first-order chi connectivity index (χ1) is 13.6. The van der Waals surface area contributed by atoms with Crippen LogP contribution < -0.4 is 10.2 Å². The van der Waals surface area contributed by atoms with Crippen LogP contribution in [0.3, 0.4) is 0 Å². The molecule has 148 valence electrons. The molecular weight excluding hydrogens is 362 g/mol. The third-order valence-electron chi connectivity index (χ3n) is 4.34. The van der Waals surface area contributed by atoms with Gasteiger partial charge in [0.1, 0.15) is 18.0 Å². The van der Waals surface area contributed by atoms with E-state index < -0.39 is 5.97 Å². The number of aromatic nitrogens is 2. The largest absolute Gasteiger partial charge is 0.465 e. The molecule has 0 bridgehead atoms. The minimum atomic E-state index is -0.397. The standard InChI is InChI=1S/C19H23N5O4/c1-3-28-19(26)24-9-7-23(8-10-24)17-12-16(20-13-21-17)22-15-6-4-5-14(11-15)18(25)27-2/h4-6,11-13H,3,7-10H2,1-2H3,(H,20,21,22). The summed E-state index contributed by atoms with van der Waals surface area (Å²) in [6.07, 6.45) is 1.21. The Morgan fingerprint density at radius 3 is 2.64 bits per heavy atom. The predicted octanol–water partition coefficient (Wildman–Crippen LogP) is 2.29. The highest BCUT2D eigenvalue weighted by Crippen LogP contribution is 2.21. The van der Waals surface area contributed by atoms with Crippen molar-refractivity contribution in [3.8, 4) is 0 Å². The smallest absolute Gasteiger partial charge is 0.409 e. The molecule has 2 heterocycles. The molecular formula is C19H23N5O4. The van der Waals surface area contributed by atoms with E-state index in [0.29, 0.717) is 44.2 Å². The van der Waals surface area contributed by atoms with E-state index in [1.807, 2.05) is 12.1 Å². The highest BCUT2D eigenvalue weighted by Gasteiger charge is 2.22. The zero-order valence-electron chi connectivity index (χ0n) is 15.9. The summed E-state index contributed by atoms with van der Waals surface area (Å²) >= 11 is 0. The number of anilines is 3. The lowest BCUT2D eigenvalue weighted by Crippen LogP contribution is -2.49. The average Bonchev–Trinajstić information content (AvgIpc) is 2.74. The molecule has 9 nitrogen and oxygen atoms in total. The van der Waals surface area contributed by atoms with Crippen molar-refractivity contribution in [1.82, 2.24) is 14.9 Å². The zero-order chi connectivity index (χ0) is 19.9. The SMILES string of the molecule is CCOC(=O)N1CCN(c2cc(Nc3cccc(C(=O)OC)c3)ncn2)CC1. The number of rotatable bonds is 5. The number of amides is 1. The summed E-state index contributed by atoms with van der Waals surface area (Å²) < 4.78 is 9.79. The highest BCUT2D eigenvalue weighted by molar-refractivity contribution is 5.90. The third kappa shape index (κ3) is 4.67. The van der Waals surface area contributed by atoms with Crippen molar-refractivity contribution in [3.05, 3.63) is 42.2 Å².